The van der Waals surface area contributed by atoms with Crippen molar-refractivity contribution in [3.05, 3.63) is 42.5 Å². The Balaban J connectivity index is 2.41. The Labute approximate surface area is 101 Å². The molecule has 18 heavy (non-hydrogen) atoms. The van der Waals surface area contributed by atoms with Crippen LogP contribution in [0.5, 0.6) is 0 Å². The van der Waals surface area contributed by atoms with Crippen molar-refractivity contribution < 1.29 is 17.2 Å². The molecule has 6 nitrogen and oxygen atoms in total. The van der Waals surface area contributed by atoms with Crippen molar-refractivity contribution in [2.75, 3.05) is 4.72 Å². The summed E-state index contributed by atoms with van der Waals surface area (Å²) in [7, 11) is -4.25. The van der Waals surface area contributed by atoms with Gasteiger partial charge in [0.05, 0.1) is 0 Å². The van der Waals surface area contributed by atoms with Crippen LogP contribution < -0.4 is 4.72 Å². The Bertz CT molecular complexity index is 643. The Morgan fingerprint density at radius 3 is 2.17 bits per heavy atom. The second kappa shape index (κ2) is 4.61. The zero-order chi connectivity index (χ0) is 13.2. The second-order valence-electron chi connectivity index (χ2n) is 3.12. The molecule has 0 bridgehead atoms. The molecule has 2 aromatic rings. The fraction of sp³-hybridized carbons (Fsp3) is 0. The Morgan fingerprint density at radius 2 is 1.61 bits per heavy atom. The van der Waals surface area contributed by atoms with Crippen LogP contribution in [0.15, 0.2) is 36.0 Å². The van der Waals surface area contributed by atoms with Crippen molar-refractivity contribution in [1.29, 1.82) is 0 Å². The van der Waals surface area contributed by atoms with Crippen LogP contribution in [0.25, 0.3) is 0 Å². The van der Waals surface area contributed by atoms with Crippen molar-refractivity contribution >= 4 is 15.7 Å². The van der Waals surface area contributed by atoms with Crippen LogP contribution in [0.2, 0.25) is 0 Å². The van der Waals surface area contributed by atoms with Crippen LogP contribution in [0.1, 0.15) is 0 Å². The van der Waals surface area contributed by atoms with Gasteiger partial charge >= 0.3 is 0 Å². The molecule has 0 spiro atoms. The van der Waals surface area contributed by atoms with Gasteiger partial charge in [-0.05, 0) is 12.1 Å². The average Bonchev–Trinajstić information content (AvgIpc) is 2.35. The van der Waals surface area contributed by atoms with Gasteiger partial charge in [-0.15, -0.1) is 0 Å². The van der Waals surface area contributed by atoms with E-state index in [2.05, 4.69) is 15.0 Å². The predicted octanol–water partition coefficient (Wildman–Crippen LogP) is 0.951. The third-order valence-corrected chi connectivity index (χ3v) is 3.07. The van der Waals surface area contributed by atoms with Gasteiger partial charge in [-0.1, -0.05) is 6.07 Å². The molecule has 0 radical (unpaired) electrons. The number of nitrogens with one attached hydrogen (secondary N) is 1. The first-order valence-corrected chi connectivity index (χ1v) is 6.08. The highest BCUT2D eigenvalue weighted by atomic mass is 32.2. The van der Waals surface area contributed by atoms with Gasteiger partial charge in [0.1, 0.15) is 30.0 Å². The molecule has 9 heteroatoms. The SMILES string of the molecule is O=S(=O)(Nc1c(F)cccc1F)c1ncncn1. The van der Waals surface area contributed by atoms with Crippen LogP contribution in [0.3, 0.4) is 0 Å². The maximum absolute atomic E-state index is 13.3. The zero-order valence-electron chi connectivity index (χ0n) is 8.71. The molecule has 0 saturated heterocycles. The minimum absolute atomic E-state index is 0.625. The molecule has 0 aliphatic heterocycles. The summed E-state index contributed by atoms with van der Waals surface area (Å²) in [5.41, 5.74) is -0.780. The molecule has 1 N–H and O–H groups in total. The number of hydrogen-bond acceptors (Lipinski definition) is 5. The third kappa shape index (κ3) is 2.40. The fourth-order valence-electron chi connectivity index (χ4n) is 1.14. The van der Waals surface area contributed by atoms with Crippen molar-refractivity contribution in [1.82, 2.24) is 15.0 Å². The molecule has 1 heterocycles. The number of para-hydroxylation sites is 1. The lowest BCUT2D eigenvalue weighted by Gasteiger charge is -2.07. The Hall–Kier alpha value is -2.16. The van der Waals surface area contributed by atoms with Gasteiger partial charge in [0.15, 0.2) is 0 Å². The molecule has 94 valence electrons. The second-order valence-corrected chi connectivity index (χ2v) is 4.70. The highest BCUT2D eigenvalue weighted by Crippen LogP contribution is 2.20. The summed E-state index contributed by atoms with van der Waals surface area (Å²) in [5, 5.41) is -0.625. The van der Waals surface area contributed by atoms with E-state index in [0.29, 0.717) is 0 Å². The minimum atomic E-state index is -4.25. The first-order valence-electron chi connectivity index (χ1n) is 4.59. The summed E-state index contributed by atoms with van der Waals surface area (Å²) in [6.07, 6.45) is 1.92. The number of hydrogen-bond donors (Lipinski definition) is 1. The summed E-state index contributed by atoms with van der Waals surface area (Å²) in [6, 6.07) is 2.97. The molecule has 2 rings (SSSR count). The topological polar surface area (TPSA) is 84.8 Å². The smallest absolute Gasteiger partial charge is 0.271 e. The average molecular weight is 272 g/mol. The quantitative estimate of drug-likeness (QED) is 0.899. The van der Waals surface area contributed by atoms with E-state index in [9.17, 15) is 17.2 Å². The van der Waals surface area contributed by atoms with Crippen molar-refractivity contribution in [3.63, 3.8) is 0 Å². The number of rotatable bonds is 3. The maximum Gasteiger partial charge on any atom is 0.297 e. The lowest BCUT2D eigenvalue weighted by atomic mass is 10.3. The lowest BCUT2D eigenvalue weighted by Crippen LogP contribution is -2.18. The highest BCUT2D eigenvalue weighted by Gasteiger charge is 2.21. The monoisotopic (exact) mass is 272 g/mol. The molecule has 0 saturated carbocycles. The Morgan fingerprint density at radius 1 is 1.06 bits per heavy atom. The molecule has 0 aliphatic carbocycles. The maximum atomic E-state index is 13.3. The number of nitrogens with zero attached hydrogens (tertiary/aromatic N) is 3. The molecule has 0 amide bonds. The summed E-state index contributed by atoms with van der Waals surface area (Å²) < 4.78 is 51.7. The zero-order valence-corrected chi connectivity index (χ0v) is 9.53. The normalized spacial score (nSPS) is 11.2. The largest absolute Gasteiger partial charge is 0.297 e. The first kappa shape index (κ1) is 12.3. The number of benzene rings is 1. The fourth-order valence-corrected chi connectivity index (χ4v) is 2.07. The summed E-state index contributed by atoms with van der Waals surface area (Å²) in [4.78, 5) is 10.2. The van der Waals surface area contributed by atoms with E-state index in [0.717, 1.165) is 30.9 Å². The van der Waals surface area contributed by atoms with Crippen LogP contribution in [0.4, 0.5) is 14.5 Å². The van der Waals surface area contributed by atoms with Gasteiger partial charge in [-0.3, -0.25) is 4.72 Å². The molecule has 1 aromatic carbocycles. The standard InChI is InChI=1S/C9H6F2N4O2S/c10-6-2-1-3-7(11)8(6)15-18(16,17)9-13-4-12-5-14-9/h1-5,15H. The molecule has 0 atom stereocenters. The molecule has 0 aliphatic rings. The third-order valence-electron chi connectivity index (χ3n) is 1.91. The van der Waals surface area contributed by atoms with E-state index in [1.54, 1.807) is 4.72 Å². The number of anilines is 1. The van der Waals surface area contributed by atoms with Gasteiger partial charge in [0, 0.05) is 0 Å². The summed E-state index contributed by atoms with van der Waals surface area (Å²) >= 11 is 0. The number of aromatic nitrogens is 3. The van der Waals surface area contributed by atoms with Gasteiger partial charge < -0.3 is 0 Å². The Kier molecular flexibility index (Phi) is 3.15. The van der Waals surface area contributed by atoms with Crippen LogP contribution in [-0.4, -0.2) is 23.4 Å². The molecule has 1 aromatic heterocycles. The highest BCUT2D eigenvalue weighted by molar-refractivity contribution is 7.92. The number of halogens is 2. The van der Waals surface area contributed by atoms with Gasteiger partial charge in [0.25, 0.3) is 15.2 Å². The molecular formula is C9H6F2N4O2S. The van der Waals surface area contributed by atoms with Gasteiger partial charge in [0.2, 0.25) is 0 Å². The van der Waals surface area contributed by atoms with E-state index in [1.807, 2.05) is 0 Å². The molecule has 0 fully saturated rings. The van der Waals surface area contributed by atoms with E-state index in [1.165, 1.54) is 0 Å². The van der Waals surface area contributed by atoms with Crippen LogP contribution in [-0.2, 0) is 10.0 Å². The van der Waals surface area contributed by atoms with E-state index >= 15 is 0 Å². The van der Waals surface area contributed by atoms with Crippen LogP contribution >= 0.6 is 0 Å². The first-order chi connectivity index (χ1) is 8.50. The molecular weight excluding hydrogens is 266 g/mol. The minimum Gasteiger partial charge on any atom is -0.271 e. The van der Waals surface area contributed by atoms with E-state index in [4.69, 9.17) is 0 Å². The summed E-state index contributed by atoms with van der Waals surface area (Å²) in [6.45, 7) is 0. The van der Waals surface area contributed by atoms with Gasteiger partial charge in [-0.2, -0.15) is 8.42 Å². The van der Waals surface area contributed by atoms with Crippen molar-refractivity contribution in [2.24, 2.45) is 0 Å². The summed E-state index contributed by atoms with van der Waals surface area (Å²) in [5.74, 6) is -2.07. The number of sulfonamides is 1. The van der Waals surface area contributed by atoms with E-state index < -0.39 is 32.5 Å². The molecule has 0 unspecified atom stereocenters. The lowest BCUT2D eigenvalue weighted by molar-refractivity contribution is 0.578. The predicted molar refractivity (Wildman–Crippen MR) is 57.0 cm³/mol. The van der Waals surface area contributed by atoms with Gasteiger partial charge in [-0.25, -0.2) is 23.7 Å². The van der Waals surface area contributed by atoms with Crippen molar-refractivity contribution in [2.45, 2.75) is 5.16 Å². The van der Waals surface area contributed by atoms with E-state index in [-0.39, 0.29) is 0 Å². The van der Waals surface area contributed by atoms with Crippen LogP contribution in [0, 0.1) is 11.6 Å². The van der Waals surface area contributed by atoms with Crippen molar-refractivity contribution in [3.8, 4) is 0 Å².